The van der Waals surface area contributed by atoms with Crippen LogP contribution in [-0.2, 0) is 4.79 Å². The predicted molar refractivity (Wildman–Crippen MR) is 95.3 cm³/mol. The van der Waals surface area contributed by atoms with Gasteiger partial charge in [-0.1, -0.05) is 0 Å². The Bertz CT molecular complexity index is 931. The van der Waals surface area contributed by atoms with Crippen LogP contribution in [-0.4, -0.2) is 33.1 Å². The van der Waals surface area contributed by atoms with Crippen LogP contribution in [0, 0.1) is 0 Å². The highest BCUT2D eigenvalue weighted by atomic mass is 79.9. The van der Waals surface area contributed by atoms with E-state index < -0.39 is 5.91 Å². The van der Waals surface area contributed by atoms with Gasteiger partial charge in [0.05, 0.1) is 24.6 Å². The lowest BCUT2D eigenvalue weighted by Crippen LogP contribution is -2.32. The monoisotopic (exact) mass is 405 g/mol. The number of carbonyl (C=O) groups is 2. The van der Waals surface area contributed by atoms with E-state index in [1.165, 1.54) is 6.07 Å². The first kappa shape index (κ1) is 17.2. The molecule has 130 valence electrons. The van der Waals surface area contributed by atoms with Gasteiger partial charge < -0.3 is 15.1 Å². The van der Waals surface area contributed by atoms with Gasteiger partial charge in [-0.15, -0.1) is 0 Å². The molecule has 8 nitrogen and oxygen atoms in total. The maximum Gasteiger partial charge on any atom is 0.287 e. The van der Waals surface area contributed by atoms with Crippen molar-refractivity contribution in [1.29, 1.82) is 0 Å². The number of amides is 2. The first-order valence-electron chi connectivity index (χ1n) is 7.60. The molecular formula is C16H16BrN5O3. The Balaban J connectivity index is 1.61. The fourth-order valence-corrected chi connectivity index (χ4v) is 2.58. The topological polar surface area (TPSA) is 102 Å². The molecule has 3 rings (SSSR count). The van der Waals surface area contributed by atoms with Gasteiger partial charge in [0.15, 0.2) is 16.1 Å². The third-order valence-corrected chi connectivity index (χ3v) is 3.84. The summed E-state index contributed by atoms with van der Waals surface area (Å²) < 4.78 is 7.38. The van der Waals surface area contributed by atoms with Gasteiger partial charge in [0, 0.05) is 11.4 Å². The smallest absolute Gasteiger partial charge is 0.287 e. The molecule has 9 heteroatoms. The van der Waals surface area contributed by atoms with E-state index in [9.17, 15) is 9.59 Å². The molecule has 0 atom stereocenters. The number of nitrogens with zero attached hydrogens (tertiary/aromatic N) is 3. The molecule has 25 heavy (non-hydrogen) atoms. The Morgan fingerprint density at radius 1 is 1.32 bits per heavy atom. The number of fused-ring (bicyclic) bond motifs is 1. The van der Waals surface area contributed by atoms with E-state index in [1.54, 1.807) is 24.5 Å². The molecule has 0 aliphatic rings. The molecule has 0 unspecified atom stereocenters. The van der Waals surface area contributed by atoms with Crippen molar-refractivity contribution in [3.8, 4) is 0 Å². The first-order chi connectivity index (χ1) is 11.9. The number of aromatic nitrogens is 3. The number of carbonyl (C=O) groups excluding carboxylic acids is 2. The van der Waals surface area contributed by atoms with Gasteiger partial charge in [-0.3, -0.25) is 9.59 Å². The maximum absolute atomic E-state index is 12.0. The highest BCUT2D eigenvalue weighted by Gasteiger charge is 2.13. The second kappa shape index (κ2) is 7.06. The lowest BCUT2D eigenvalue weighted by atomic mass is 10.3. The molecule has 0 radical (unpaired) electrons. The summed E-state index contributed by atoms with van der Waals surface area (Å²) >= 11 is 3.12. The van der Waals surface area contributed by atoms with Crippen LogP contribution in [0.5, 0.6) is 0 Å². The summed E-state index contributed by atoms with van der Waals surface area (Å²) in [6.07, 6.45) is 3.26. The summed E-state index contributed by atoms with van der Waals surface area (Å²) in [6.45, 7) is 3.86. The van der Waals surface area contributed by atoms with E-state index in [0.29, 0.717) is 10.4 Å². The molecule has 3 aromatic heterocycles. The fourth-order valence-electron chi connectivity index (χ4n) is 2.28. The standard InChI is InChI=1S/C16H16BrN5O3/c1-9(2)22-15-10(6-20-22)5-11(7-18-15)21-14(23)8-19-16(24)12-3-4-13(17)25-12/h3-7,9H,8H2,1-2H3,(H,19,24)(H,21,23). The van der Waals surface area contributed by atoms with E-state index in [2.05, 4.69) is 36.6 Å². The fraction of sp³-hybridized carbons (Fsp3) is 0.250. The van der Waals surface area contributed by atoms with Crippen LogP contribution in [0.4, 0.5) is 5.69 Å². The Kier molecular flexibility index (Phi) is 4.84. The zero-order valence-electron chi connectivity index (χ0n) is 13.6. The van der Waals surface area contributed by atoms with Gasteiger partial charge in [-0.05, 0) is 48.0 Å². The molecule has 0 fully saturated rings. The molecular weight excluding hydrogens is 390 g/mol. The summed E-state index contributed by atoms with van der Waals surface area (Å²) in [5, 5.41) is 10.3. The predicted octanol–water partition coefficient (Wildman–Crippen LogP) is 2.74. The Morgan fingerprint density at radius 2 is 2.12 bits per heavy atom. The van der Waals surface area contributed by atoms with Crippen molar-refractivity contribution in [2.24, 2.45) is 0 Å². The lowest BCUT2D eigenvalue weighted by Gasteiger charge is -2.08. The Labute approximate surface area is 151 Å². The second-order valence-electron chi connectivity index (χ2n) is 5.65. The molecule has 3 heterocycles. The van der Waals surface area contributed by atoms with Gasteiger partial charge in [-0.25, -0.2) is 9.67 Å². The van der Waals surface area contributed by atoms with Gasteiger partial charge in [-0.2, -0.15) is 5.10 Å². The average molecular weight is 406 g/mol. The molecule has 2 amide bonds. The highest BCUT2D eigenvalue weighted by Crippen LogP contribution is 2.19. The van der Waals surface area contributed by atoms with Crippen molar-refractivity contribution in [3.05, 3.63) is 41.0 Å². The number of nitrogens with one attached hydrogen (secondary N) is 2. The number of halogens is 1. The van der Waals surface area contributed by atoms with Crippen LogP contribution in [0.2, 0.25) is 0 Å². The van der Waals surface area contributed by atoms with Crippen LogP contribution < -0.4 is 10.6 Å². The van der Waals surface area contributed by atoms with E-state index in [4.69, 9.17) is 4.42 Å². The molecule has 2 N–H and O–H groups in total. The van der Waals surface area contributed by atoms with Crippen molar-refractivity contribution >= 4 is 44.5 Å². The summed E-state index contributed by atoms with van der Waals surface area (Å²) in [6, 6.07) is 5.11. The summed E-state index contributed by atoms with van der Waals surface area (Å²) in [7, 11) is 0. The molecule has 0 aliphatic heterocycles. The first-order valence-corrected chi connectivity index (χ1v) is 8.40. The van der Waals surface area contributed by atoms with E-state index in [-0.39, 0.29) is 24.3 Å². The zero-order valence-corrected chi connectivity index (χ0v) is 15.2. The van der Waals surface area contributed by atoms with Crippen molar-refractivity contribution < 1.29 is 14.0 Å². The molecule has 0 bridgehead atoms. The quantitative estimate of drug-likeness (QED) is 0.679. The number of anilines is 1. The summed E-state index contributed by atoms with van der Waals surface area (Å²) in [5.41, 5.74) is 1.29. The van der Waals surface area contributed by atoms with Crippen LogP contribution in [0.25, 0.3) is 11.0 Å². The molecule has 0 spiro atoms. The van der Waals surface area contributed by atoms with Crippen molar-refractivity contribution in [3.63, 3.8) is 0 Å². The molecule has 0 aromatic carbocycles. The number of furan rings is 1. The summed E-state index contributed by atoms with van der Waals surface area (Å²) in [5.74, 6) is -0.701. The molecule has 0 saturated heterocycles. The second-order valence-corrected chi connectivity index (χ2v) is 6.44. The van der Waals surface area contributed by atoms with E-state index in [1.807, 2.05) is 18.5 Å². The van der Waals surface area contributed by atoms with Gasteiger partial charge in [0.25, 0.3) is 5.91 Å². The van der Waals surface area contributed by atoms with Crippen molar-refractivity contribution in [2.45, 2.75) is 19.9 Å². The minimum atomic E-state index is -0.465. The molecule has 0 saturated carbocycles. The van der Waals surface area contributed by atoms with E-state index >= 15 is 0 Å². The van der Waals surface area contributed by atoms with Crippen molar-refractivity contribution in [2.75, 3.05) is 11.9 Å². The van der Waals surface area contributed by atoms with Gasteiger partial charge >= 0.3 is 0 Å². The van der Waals surface area contributed by atoms with Gasteiger partial charge in [0.1, 0.15) is 0 Å². The highest BCUT2D eigenvalue weighted by molar-refractivity contribution is 9.10. The van der Waals surface area contributed by atoms with Crippen LogP contribution >= 0.6 is 15.9 Å². The Morgan fingerprint density at radius 3 is 2.80 bits per heavy atom. The number of hydrogen-bond donors (Lipinski definition) is 2. The number of pyridine rings is 1. The SMILES string of the molecule is CC(C)n1ncc2cc(NC(=O)CNC(=O)c3ccc(Br)o3)cnc21. The largest absolute Gasteiger partial charge is 0.444 e. The Hall–Kier alpha value is -2.68. The van der Waals surface area contributed by atoms with E-state index in [0.717, 1.165) is 11.0 Å². The third kappa shape index (κ3) is 3.87. The van der Waals surface area contributed by atoms with Crippen LogP contribution in [0.1, 0.15) is 30.4 Å². The zero-order chi connectivity index (χ0) is 18.0. The third-order valence-electron chi connectivity index (χ3n) is 3.41. The normalized spacial score (nSPS) is 11.0. The average Bonchev–Trinajstić information content (AvgIpc) is 3.18. The number of rotatable bonds is 5. The number of hydrogen-bond acceptors (Lipinski definition) is 5. The minimum absolute atomic E-state index is 0.129. The van der Waals surface area contributed by atoms with Gasteiger partial charge in [0.2, 0.25) is 5.91 Å². The summed E-state index contributed by atoms with van der Waals surface area (Å²) in [4.78, 5) is 28.2. The molecule has 3 aromatic rings. The van der Waals surface area contributed by atoms with Crippen molar-refractivity contribution in [1.82, 2.24) is 20.1 Å². The molecule has 0 aliphatic carbocycles. The van der Waals surface area contributed by atoms with Crippen LogP contribution in [0.3, 0.4) is 0 Å². The lowest BCUT2D eigenvalue weighted by molar-refractivity contribution is -0.115. The minimum Gasteiger partial charge on any atom is -0.444 e. The van der Waals surface area contributed by atoms with Crippen LogP contribution in [0.15, 0.2) is 39.7 Å². The maximum atomic E-state index is 12.0.